The predicted molar refractivity (Wildman–Crippen MR) is 99.2 cm³/mol. The topological polar surface area (TPSA) is 102 Å². The predicted octanol–water partition coefficient (Wildman–Crippen LogP) is 1.61. The molecule has 26 heavy (non-hydrogen) atoms. The number of carbonyl (C=O) groups is 1. The van der Waals surface area contributed by atoms with Crippen molar-refractivity contribution in [2.75, 3.05) is 0 Å². The second kappa shape index (κ2) is 7.09. The maximum Gasteiger partial charge on any atom is 0.332 e. The van der Waals surface area contributed by atoms with E-state index in [0.29, 0.717) is 36.5 Å². The molecule has 2 N–H and O–H groups in total. The lowest BCUT2D eigenvalue weighted by molar-refractivity contribution is -0.121. The highest BCUT2D eigenvalue weighted by atomic mass is 16.2. The van der Waals surface area contributed by atoms with Crippen LogP contribution >= 0.6 is 0 Å². The van der Waals surface area contributed by atoms with Gasteiger partial charge in [-0.1, -0.05) is 26.7 Å². The normalized spacial score (nSPS) is 16.3. The van der Waals surface area contributed by atoms with Crippen LogP contribution in [0, 0.1) is 0 Å². The average Bonchev–Trinajstić information content (AvgIpc) is 3.23. The van der Waals surface area contributed by atoms with Gasteiger partial charge in [0.1, 0.15) is 11.3 Å². The summed E-state index contributed by atoms with van der Waals surface area (Å²) < 4.78 is 2.85. The molecule has 1 amide bonds. The van der Waals surface area contributed by atoms with Crippen molar-refractivity contribution in [1.82, 2.24) is 24.4 Å². The molecule has 0 unspecified atom stereocenters. The fourth-order valence-electron chi connectivity index (χ4n) is 3.98. The van der Waals surface area contributed by atoms with Crippen LogP contribution in [0.15, 0.2) is 9.59 Å². The molecule has 1 saturated carbocycles. The molecule has 3 rings (SSSR count). The number of aromatic nitrogens is 4. The number of imidazole rings is 1. The zero-order chi connectivity index (χ0) is 18.9. The first kappa shape index (κ1) is 18.4. The van der Waals surface area contributed by atoms with E-state index in [1.807, 2.05) is 13.8 Å². The number of hydrogen-bond donors (Lipinski definition) is 2. The summed E-state index contributed by atoms with van der Waals surface area (Å²) in [6.07, 6.45) is 4.97. The minimum atomic E-state index is -0.583. The minimum absolute atomic E-state index is 0.123. The van der Waals surface area contributed by atoms with Gasteiger partial charge < -0.3 is 10.3 Å². The third-order valence-corrected chi connectivity index (χ3v) is 5.08. The fraction of sp³-hybridized carbons (Fsp3) is 0.667. The molecule has 1 aliphatic rings. The van der Waals surface area contributed by atoms with Crippen LogP contribution in [0.25, 0.3) is 11.2 Å². The first-order chi connectivity index (χ1) is 12.4. The van der Waals surface area contributed by atoms with E-state index in [1.165, 1.54) is 11.5 Å². The van der Waals surface area contributed by atoms with Gasteiger partial charge in [-0.05, 0) is 25.7 Å². The van der Waals surface area contributed by atoms with Crippen molar-refractivity contribution in [3.63, 3.8) is 0 Å². The van der Waals surface area contributed by atoms with E-state index < -0.39 is 5.54 Å². The third-order valence-electron chi connectivity index (χ3n) is 5.08. The molecule has 0 spiro atoms. The van der Waals surface area contributed by atoms with Gasteiger partial charge in [0.25, 0.3) is 5.56 Å². The number of fused-ring (bicyclic) bond motifs is 1. The van der Waals surface area contributed by atoms with Gasteiger partial charge in [0.2, 0.25) is 5.91 Å². The van der Waals surface area contributed by atoms with Crippen LogP contribution < -0.4 is 16.6 Å². The van der Waals surface area contributed by atoms with Gasteiger partial charge in [-0.15, -0.1) is 0 Å². The van der Waals surface area contributed by atoms with Crippen LogP contribution in [-0.2, 0) is 23.4 Å². The van der Waals surface area contributed by atoms with Crippen LogP contribution in [-0.4, -0.2) is 25.0 Å². The molecule has 8 heteroatoms. The summed E-state index contributed by atoms with van der Waals surface area (Å²) in [6, 6.07) is 0. The van der Waals surface area contributed by atoms with Crippen LogP contribution in [0.3, 0.4) is 0 Å². The summed E-state index contributed by atoms with van der Waals surface area (Å²) in [6.45, 7) is 6.28. The second-order valence-electron chi connectivity index (χ2n) is 7.15. The Bertz CT molecular complexity index is 931. The van der Waals surface area contributed by atoms with E-state index in [0.717, 1.165) is 32.1 Å². The molecule has 0 radical (unpaired) electrons. The molecule has 0 bridgehead atoms. The first-order valence-electron chi connectivity index (χ1n) is 9.46. The Morgan fingerprint density at radius 2 is 1.77 bits per heavy atom. The second-order valence-corrected chi connectivity index (χ2v) is 7.15. The maximum atomic E-state index is 12.8. The van der Waals surface area contributed by atoms with Gasteiger partial charge in [0.15, 0.2) is 5.65 Å². The summed E-state index contributed by atoms with van der Waals surface area (Å²) >= 11 is 0. The van der Waals surface area contributed by atoms with Gasteiger partial charge >= 0.3 is 5.69 Å². The molecule has 142 valence electrons. The summed E-state index contributed by atoms with van der Waals surface area (Å²) in [4.78, 5) is 45.2. The van der Waals surface area contributed by atoms with Crippen molar-refractivity contribution in [2.24, 2.45) is 0 Å². The van der Waals surface area contributed by atoms with E-state index >= 15 is 0 Å². The Balaban J connectivity index is 2.26. The van der Waals surface area contributed by atoms with Crippen molar-refractivity contribution >= 4 is 17.1 Å². The molecule has 1 fully saturated rings. The van der Waals surface area contributed by atoms with Crippen molar-refractivity contribution < 1.29 is 4.79 Å². The number of amides is 1. The first-order valence-corrected chi connectivity index (χ1v) is 9.46. The Morgan fingerprint density at radius 3 is 2.35 bits per heavy atom. The van der Waals surface area contributed by atoms with Crippen LogP contribution in [0.2, 0.25) is 0 Å². The largest absolute Gasteiger partial charge is 0.344 e. The highest BCUT2D eigenvalue weighted by Gasteiger charge is 2.39. The van der Waals surface area contributed by atoms with Crippen molar-refractivity contribution in [3.05, 3.63) is 26.7 Å². The number of hydrogen-bond acceptors (Lipinski definition) is 4. The van der Waals surface area contributed by atoms with Crippen molar-refractivity contribution in [3.8, 4) is 0 Å². The van der Waals surface area contributed by atoms with Crippen LogP contribution in [0.5, 0.6) is 0 Å². The molecule has 2 heterocycles. The van der Waals surface area contributed by atoms with E-state index in [2.05, 4.69) is 15.3 Å². The summed E-state index contributed by atoms with van der Waals surface area (Å²) in [7, 11) is 0. The Kier molecular flexibility index (Phi) is 5.02. The number of H-pyrrole nitrogens is 1. The van der Waals surface area contributed by atoms with E-state index in [-0.39, 0.29) is 17.2 Å². The smallest absolute Gasteiger partial charge is 0.332 e. The van der Waals surface area contributed by atoms with Gasteiger partial charge in [-0.2, -0.15) is 0 Å². The Labute approximate surface area is 151 Å². The summed E-state index contributed by atoms with van der Waals surface area (Å²) in [5.41, 5.74) is -0.503. The number of nitrogens with zero attached hydrogens (tertiary/aromatic N) is 3. The van der Waals surface area contributed by atoms with Gasteiger partial charge in [0.05, 0.1) is 5.54 Å². The zero-order valence-electron chi connectivity index (χ0n) is 15.7. The molecule has 1 aliphatic carbocycles. The fourth-order valence-corrected chi connectivity index (χ4v) is 3.98. The molecular formula is C18H27N5O3. The number of aromatic amines is 1. The highest BCUT2D eigenvalue weighted by molar-refractivity contribution is 5.75. The third kappa shape index (κ3) is 2.97. The molecule has 2 aromatic rings. The highest BCUT2D eigenvalue weighted by Crippen LogP contribution is 2.37. The summed E-state index contributed by atoms with van der Waals surface area (Å²) in [5.74, 6) is 0.456. The standard InChI is InChI=1S/C18H27N5O3/c1-4-10-22-14-13(15(25)23(11-5-2)17(22)26)19-16(20-14)18(21-12(3)24)8-6-7-9-18/h4-11H2,1-3H3,(H,19,20)(H,21,24). The lowest BCUT2D eigenvalue weighted by atomic mass is 9.96. The zero-order valence-corrected chi connectivity index (χ0v) is 15.7. The lowest BCUT2D eigenvalue weighted by Crippen LogP contribution is -2.43. The molecule has 0 atom stereocenters. The van der Waals surface area contributed by atoms with Crippen LogP contribution in [0.1, 0.15) is 65.1 Å². The molecule has 0 saturated heterocycles. The molecular weight excluding hydrogens is 334 g/mol. The summed E-state index contributed by atoms with van der Waals surface area (Å²) in [5, 5.41) is 3.03. The number of nitrogens with one attached hydrogen (secondary N) is 2. The number of carbonyl (C=O) groups excluding carboxylic acids is 1. The average molecular weight is 361 g/mol. The van der Waals surface area contributed by atoms with Gasteiger partial charge in [-0.25, -0.2) is 9.78 Å². The van der Waals surface area contributed by atoms with Gasteiger partial charge in [-0.3, -0.25) is 18.7 Å². The quantitative estimate of drug-likeness (QED) is 0.816. The minimum Gasteiger partial charge on any atom is -0.344 e. The van der Waals surface area contributed by atoms with Gasteiger partial charge in [0, 0.05) is 20.0 Å². The number of aryl methyl sites for hydroxylation is 1. The maximum absolute atomic E-state index is 12.8. The molecule has 0 aliphatic heterocycles. The molecule has 2 aromatic heterocycles. The Morgan fingerprint density at radius 1 is 1.15 bits per heavy atom. The van der Waals surface area contributed by atoms with E-state index in [9.17, 15) is 14.4 Å². The lowest BCUT2D eigenvalue weighted by Gasteiger charge is -2.27. The van der Waals surface area contributed by atoms with E-state index in [4.69, 9.17) is 0 Å². The van der Waals surface area contributed by atoms with Crippen molar-refractivity contribution in [1.29, 1.82) is 0 Å². The molecule has 8 nitrogen and oxygen atoms in total. The molecule has 0 aromatic carbocycles. The van der Waals surface area contributed by atoms with Crippen LogP contribution in [0.4, 0.5) is 0 Å². The number of rotatable bonds is 6. The Hall–Kier alpha value is -2.38. The SMILES string of the molecule is CCCn1c(=O)c2[nH]c(C3(NC(C)=O)CCCC3)nc2n(CCC)c1=O. The van der Waals surface area contributed by atoms with Crippen molar-refractivity contribution in [2.45, 2.75) is 77.9 Å². The van der Waals surface area contributed by atoms with E-state index in [1.54, 1.807) is 4.57 Å². The monoisotopic (exact) mass is 361 g/mol.